The zero-order valence-electron chi connectivity index (χ0n) is 30.2. The molecule has 0 radical (unpaired) electrons. The summed E-state index contributed by atoms with van der Waals surface area (Å²) in [5, 5.41) is 18.7. The third-order valence-corrected chi connectivity index (χ3v) is 13.3. The first-order valence-electron chi connectivity index (χ1n) is 19.6. The lowest BCUT2D eigenvalue weighted by atomic mass is 9.47. The minimum atomic E-state index is -0.657. The maximum atomic E-state index is 10.3. The van der Waals surface area contributed by atoms with Gasteiger partial charge in [-0.25, -0.2) is 0 Å². The van der Waals surface area contributed by atoms with E-state index in [1.165, 1.54) is 116 Å². The first kappa shape index (κ1) is 37.6. The summed E-state index contributed by atoms with van der Waals surface area (Å²) in [6.07, 6.45) is 31.5. The molecule has 44 heavy (non-hydrogen) atoms. The molecule has 4 aliphatic rings. The lowest BCUT2D eigenvalue weighted by Gasteiger charge is -2.58. The van der Waals surface area contributed by atoms with Gasteiger partial charge in [0.2, 0.25) is 0 Å². The number of hydrogen-bond acceptors (Lipinski definition) is 2. The Bertz CT molecular complexity index is 862. The highest BCUT2D eigenvalue weighted by molar-refractivity contribution is 5.66. The number of aliphatic carboxylic acids is 1. The van der Waals surface area contributed by atoms with Gasteiger partial charge >= 0.3 is 5.97 Å². The summed E-state index contributed by atoms with van der Waals surface area (Å²) >= 11 is 0. The Labute approximate surface area is 273 Å². The lowest BCUT2D eigenvalue weighted by Crippen LogP contribution is -2.50. The Hall–Kier alpha value is -0.830. The van der Waals surface area contributed by atoms with Crippen molar-refractivity contribution in [1.82, 2.24) is 0 Å². The van der Waals surface area contributed by atoms with Crippen molar-refractivity contribution in [2.24, 2.45) is 46.3 Å². The fourth-order valence-electron chi connectivity index (χ4n) is 10.6. The van der Waals surface area contributed by atoms with E-state index in [2.05, 4.69) is 47.6 Å². The lowest BCUT2D eigenvalue weighted by molar-refractivity contribution is -0.137. The standard InChI is InChI=1S/C27H46O.C14H28O2/c1-18(2)7-6-8-19(3)23-11-12-24-22-10-9-20-17-21(28)13-15-26(20,4)25(22)14-16-27(23,24)5;1-2-3-4-5-6-7-8-9-10-11-12-13-14(15)16/h9,18-19,21-25,28H,6-8,10-17H2,1-5H3;2-13H2,1H3,(H,15,16)/t19-,21+,22+,23-,24+,25+,26+,27-;/m1./s1. The second-order valence-electron chi connectivity index (χ2n) is 16.9. The molecule has 4 rings (SSSR count). The van der Waals surface area contributed by atoms with E-state index >= 15 is 0 Å². The summed E-state index contributed by atoms with van der Waals surface area (Å²) in [5.74, 6) is 4.80. The molecule has 3 heteroatoms. The van der Waals surface area contributed by atoms with E-state index < -0.39 is 5.97 Å². The van der Waals surface area contributed by atoms with E-state index in [1.54, 1.807) is 5.57 Å². The predicted octanol–water partition coefficient (Wildman–Crippen LogP) is 12.2. The summed E-state index contributed by atoms with van der Waals surface area (Å²) in [6, 6.07) is 0. The number of fused-ring (bicyclic) bond motifs is 5. The molecule has 4 aliphatic carbocycles. The molecule has 8 atom stereocenters. The number of aliphatic hydroxyl groups is 1. The number of rotatable bonds is 17. The van der Waals surface area contributed by atoms with Crippen molar-refractivity contribution in [3.63, 3.8) is 0 Å². The van der Waals surface area contributed by atoms with Crippen LogP contribution in [-0.4, -0.2) is 22.3 Å². The predicted molar refractivity (Wildman–Crippen MR) is 188 cm³/mol. The van der Waals surface area contributed by atoms with Crippen LogP contribution in [0.1, 0.15) is 189 Å². The molecule has 256 valence electrons. The Kier molecular flexibility index (Phi) is 15.8. The van der Waals surface area contributed by atoms with Crippen molar-refractivity contribution in [1.29, 1.82) is 0 Å². The van der Waals surface area contributed by atoms with Crippen LogP contribution in [0.25, 0.3) is 0 Å². The van der Waals surface area contributed by atoms with Gasteiger partial charge in [-0.2, -0.15) is 0 Å². The van der Waals surface area contributed by atoms with Gasteiger partial charge in [0.15, 0.2) is 0 Å². The van der Waals surface area contributed by atoms with Crippen LogP contribution in [0, 0.1) is 46.3 Å². The highest BCUT2D eigenvalue weighted by atomic mass is 16.4. The van der Waals surface area contributed by atoms with Crippen molar-refractivity contribution in [2.45, 2.75) is 195 Å². The number of carbonyl (C=O) groups is 1. The molecule has 0 spiro atoms. The van der Waals surface area contributed by atoms with Crippen LogP contribution >= 0.6 is 0 Å². The van der Waals surface area contributed by atoms with Gasteiger partial charge in [0.1, 0.15) is 0 Å². The van der Waals surface area contributed by atoms with Crippen LogP contribution in [0.3, 0.4) is 0 Å². The first-order valence-corrected chi connectivity index (χ1v) is 19.6. The number of carboxylic acids is 1. The van der Waals surface area contributed by atoms with Crippen LogP contribution in [-0.2, 0) is 4.79 Å². The van der Waals surface area contributed by atoms with Crippen LogP contribution in [0.4, 0.5) is 0 Å². The van der Waals surface area contributed by atoms with Gasteiger partial charge in [0, 0.05) is 6.42 Å². The van der Waals surface area contributed by atoms with Gasteiger partial charge in [-0.15, -0.1) is 0 Å². The van der Waals surface area contributed by atoms with Crippen LogP contribution < -0.4 is 0 Å². The molecule has 0 heterocycles. The summed E-state index contributed by atoms with van der Waals surface area (Å²) in [4.78, 5) is 10.3. The van der Waals surface area contributed by atoms with E-state index in [-0.39, 0.29) is 6.10 Å². The number of unbranched alkanes of at least 4 members (excludes halogenated alkanes) is 10. The molecule has 0 saturated heterocycles. The normalized spacial score (nSPS) is 33.5. The van der Waals surface area contributed by atoms with Gasteiger partial charge in [-0.1, -0.05) is 137 Å². The molecular formula is C41H74O3. The second-order valence-corrected chi connectivity index (χ2v) is 16.9. The van der Waals surface area contributed by atoms with E-state index in [0.29, 0.717) is 17.3 Å². The molecule has 0 aromatic carbocycles. The number of hydrogen-bond donors (Lipinski definition) is 2. The fourth-order valence-corrected chi connectivity index (χ4v) is 10.6. The number of allylic oxidation sites excluding steroid dienone is 1. The molecule has 3 nitrogen and oxygen atoms in total. The molecule has 0 aliphatic heterocycles. The largest absolute Gasteiger partial charge is 0.481 e. The fraction of sp³-hybridized carbons (Fsp3) is 0.927. The average Bonchev–Trinajstić information content (AvgIpc) is 3.33. The van der Waals surface area contributed by atoms with Gasteiger partial charge in [0.05, 0.1) is 6.10 Å². The Morgan fingerprint density at radius 3 is 2.07 bits per heavy atom. The zero-order valence-corrected chi connectivity index (χ0v) is 30.2. The van der Waals surface area contributed by atoms with Crippen molar-refractivity contribution in [3.8, 4) is 0 Å². The van der Waals surface area contributed by atoms with Crippen molar-refractivity contribution >= 4 is 5.97 Å². The third kappa shape index (κ3) is 10.3. The smallest absolute Gasteiger partial charge is 0.303 e. The minimum absolute atomic E-state index is 0.0766. The van der Waals surface area contributed by atoms with Gasteiger partial charge in [-0.3, -0.25) is 4.79 Å². The number of carboxylic acid groups (broad SMARTS) is 1. The highest BCUT2D eigenvalue weighted by Gasteiger charge is 2.59. The maximum absolute atomic E-state index is 10.3. The maximum Gasteiger partial charge on any atom is 0.303 e. The summed E-state index contributed by atoms with van der Waals surface area (Å²) < 4.78 is 0. The summed E-state index contributed by atoms with van der Waals surface area (Å²) in [5.41, 5.74) is 2.60. The number of aliphatic hydroxyl groups excluding tert-OH is 1. The Balaban J connectivity index is 0.000000284. The van der Waals surface area contributed by atoms with E-state index in [4.69, 9.17) is 5.11 Å². The SMILES string of the molecule is CC(C)CCC[C@@H](C)[C@H]1CC[C@H]2[C@@H]3CC=C4C[C@@H](O)CC[C@]4(C)[C@H]3CC[C@]12C.CCCCCCCCCCCCCC(=O)O. The van der Waals surface area contributed by atoms with E-state index in [9.17, 15) is 9.90 Å². The van der Waals surface area contributed by atoms with Crippen LogP contribution in [0.5, 0.6) is 0 Å². The molecule has 0 bridgehead atoms. The topological polar surface area (TPSA) is 57.5 Å². The highest BCUT2D eigenvalue weighted by Crippen LogP contribution is 2.67. The first-order chi connectivity index (χ1) is 21.0. The third-order valence-electron chi connectivity index (χ3n) is 13.3. The Morgan fingerprint density at radius 1 is 0.818 bits per heavy atom. The van der Waals surface area contributed by atoms with Crippen LogP contribution in [0.15, 0.2) is 11.6 Å². The van der Waals surface area contributed by atoms with Gasteiger partial charge in [0.25, 0.3) is 0 Å². The molecular weight excluding hydrogens is 540 g/mol. The minimum Gasteiger partial charge on any atom is -0.481 e. The molecule has 0 aromatic heterocycles. The van der Waals surface area contributed by atoms with E-state index in [0.717, 1.165) is 61.2 Å². The van der Waals surface area contributed by atoms with Crippen molar-refractivity contribution in [3.05, 3.63) is 11.6 Å². The van der Waals surface area contributed by atoms with Gasteiger partial charge in [-0.05, 0) is 104 Å². The Morgan fingerprint density at radius 2 is 1.45 bits per heavy atom. The quantitative estimate of drug-likeness (QED) is 0.127. The monoisotopic (exact) mass is 615 g/mol. The molecule has 3 saturated carbocycles. The second kappa shape index (κ2) is 18.5. The average molecular weight is 615 g/mol. The molecule has 0 unspecified atom stereocenters. The van der Waals surface area contributed by atoms with Crippen molar-refractivity contribution < 1.29 is 15.0 Å². The van der Waals surface area contributed by atoms with Crippen LogP contribution in [0.2, 0.25) is 0 Å². The zero-order chi connectivity index (χ0) is 32.2. The van der Waals surface area contributed by atoms with E-state index in [1.807, 2.05) is 0 Å². The molecule has 2 N–H and O–H groups in total. The summed E-state index contributed by atoms with van der Waals surface area (Å²) in [6.45, 7) is 14.8. The van der Waals surface area contributed by atoms with Crippen molar-refractivity contribution in [2.75, 3.05) is 0 Å². The molecule has 3 fully saturated rings. The van der Waals surface area contributed by atoms with Gasteiger partial charge < -0.3 is 10.2 Å². The summed E-state index contributed by atoms with van der Waals surface area (Å²) in [7, 11) is 0. The molecule has 0 amide bonds. The molecule has 0 aromatic rings.